The average molecular weight is 602 g/mol. The summed E-state index contributed by atoms with van der Waals surface area (Å²) in [6.45, 7) is 0. The van der Waals surface area contributed by atoms with Gasteiger partial charge in [0.2, 0.25) is 0 Å². The number of fused-ring (bicyclic) bond motifs is 1. The van der Waals surface area contributed by atoms with E-state index in [4.69, 9.17) is 0 Å². The third-order valence-corrected chi connectivity index (χ3v) is 7.18. The summed E-state index contributed by atoms with van der Waals surface area (Å²) in [7, 11) is -4.16. The van der Waals surface area contributed by atoms with Gasteiger partial charge in [-0.1, -0.05) is 36.4 Å². The number of nitrogens with zero attached hydrogens (tertiary/aromatic N) is 2. The topological polar surface area (TPSA) is 138 Å². The first-order valence-electron chi connectivity index (χ1n) is 10.3. The van der Waals surface area contributed by atoms with Gasteiger partial charge in [0.05, 0.1) is 16.8 Å². The lowest BCUT2D eigenvalue weighted by Gasteiger charge is -2.17. The number of sulfonamides is 1. The number of carboxylic acid groups (broad SMARTS) is 1. The quantitative estimate of drug-likeness (QED) is 0.263. The second kappa shape index (κ2) is 10.4. The molecule has 0 radical (unpaired) electrons. The molecule has 0 spiro atoms. The van der Waals surface area contributed by atoms with Crippen molar-refractivity contribution in [2.75, 3.05) is 4.72 Å². The number of carboxylic acids is 1. The van der Waals surface area contributed by atoms with E-state index in [0.717, 1.165) is 5.56 Å². The highest BCUT2D eigenvalue weighted by Crippen LogP contribution is 2.26. The molecule has 0 aliphatic rings. The number of carbonyl (C=O) groups is 2. The van der Waals surface area contributed by atoms with Gasteiger partial charge in [-0.2, -0.15) is 0 Å². The Bertz CT molecular complexity index is 1510. The maximum Gasteiger partial charge on any atom is 0.326 e. The lowest BCUT2D eigenvalue weighted by Crippen LogP contribution is -2.42. The summed E-state index contributed by atoms with van der Waals surface area (Å²) in [5.41, 5.74) is 1.33. The fourth-order valence-electron chi connectivity index (χ4n) is 3.47. The van der Waals surface area contributed by atoms with Gasteiger partial charge in [0, 0.05) is 22.4 Å². The third-order valence-electron chi connectivity index (χ3n) is 5.11. The van der Waals surface area contributed by atoms with Crippen molar-refractivity contribution in [2.45, 2.75) is 17.4 Å². The van der Waals surface area contributed by atoms with Gasteiger partial charge in [-0.3, -0.25) is 19.5 Å². The Hall–Kier alpha value is -3.58. The van der Waals surface area contributed by atoms with Crippen molar-refractivity contribution in [3.05, 3.63) is 93.8 Å². The number of benzene rings is 3. The molecule has 9 nitrogen and oxygen atoms in total. The van der Waals surface area contributed by atoms with E-state index in [9.17, 15) is 23.1 Å². The number of amides is 1. The van der Waals surface area contributed by atoms with E-state index < -0.39 is 27.9 Å². The summed E-state index contributed by atoms with van der Waals surface area (Å²) in [6, 6.07) is 16.8. The normalized spacial score (nSPS) is 12.1. The molecular formula is C24H19IN4O5S. The van der Waals surface area contributed by atoms with Gasteiger partial charge in [-0.15, -0.1) is 0 Å². The first kappa shape index (κ1) is 24.5. The Morgan fingerprint density at radius 3 is 2.46 bits per heavy atom. The minimum absolute atomic E-state index is 0.0131. The monoisotopic (exact) mass is 602 g/mol. The molecule has 0 saturated carbocycles. The highest BCUT2D eigenvalue weighted by Gasteiger charge is 2.25. The van der Waals surface area contributed by atoms with Crippen LogP contribution in [0.2, 0.25) is 0 Å². The zero-order valence-corrected chi connectivity index (χ0v) is 21.0. The highest BCUT2D eigenvalue weighted by atomic mass is 127. The van der Waals surface area contributed by atoms with E-state index in [1.807, 2.05) is 28.7 Å². The van der Waals surface area contributed by atoms with E-state index in [2.05, 4.69) is 20.0 Å². The van der Waals surface area contributed by atoms with Crippen LogP contribution in [0.5, 0.6) is 0 Å². The van der Waals surface area contributed by atoms with Crippen LogP contribution >= 0.6 is 22.6 Å². The molecule has 35 heavy (non-hydrogen) atoms. The highest BCUT2D eigenvalue weighted by molar-refractivity contribution is 14.1. The second-order valence-corrected chi connectivity index (χ2v) is 10.4. The summed E-state index contributed by atoms with van der Waals surface area (Å²) in [6.07, 6.45) is 2.93. The number of carbonyl (C=O) groups excluding carboxylic acids is 1. The van der Waals surface area contributed by atoms with Crippen LogP contribution in [0.15, 0.2) is 84.0 Å². The third kappa shape index (κ3) is 5.74. The Balaban J connectivity index is 1.64. The fraction of sp³-hybridized carbons (Fsp3) is 0.0833. The Morgan fingerprint density at radius 1 is 0.971 bits per heavy atom. The number of nitrogens with one attached hydrogen (secondary N) is 2. The van der Waals surface area contributed by atoms with E-state index in [-0.39, 0.29) is 28.1 Å². The van der Waals surface area contributed by atoms with Crippen LogP contribution in [-0.4, -0.2) is 41.4 Å². The molecule has 3 N–H and O–H groups in total. The van der Waals surface area contributed by atoms with Gasteiger partial charge in [-0.25, -0.2) is 13.2 Å². The van der Waals surface area contributed by atoms with Crippen LogP contribution in [-0.2, 0) is 21.2 Å². The van der Waals surface area contributed by atoms with Gasteiger partial charge in [0.25, 0.3) is 15.9 Å². The summed E-state index contributed by atoms with van der Waals surface area (Å²) in [4.78, 5) is 33.1. The number of aliphatic carboxylic acids is 1. The van der Waals surface area contributed by atoms with Crippen LogP contribution in [0.3, 0.4) is 0 Å². The van der Waals surface area contributed by atoms with Crippen molar-refractivity contribution in [3.8, 4) is 0 Å². The molecule has 1 amide bonds. The Morgan fingerprint density at radius 2 is 1.71 bits per heavy atom. The van der Waals surface area contributed by atoms with Crippen LogP contribution in [0, 0.1) is 3.57 Å². The molecule has 1 aromatic heterocycles. The summed E-state index contributed by atoms with van der Waals surface area (Å²) in [5.74, 6) is -1.93. The van der Waals surface area contributed by atoms with E-state index in [1.54, 1.807) is 42.5 Å². The standard InChI is InChI=1S/C24H19IN4O5S/c25-16-9-10-17(23(30)28-20(24(31)32)13-15-5-2-1-3-6-15)19(14-16)29-35(33,34)21-8-4-7-18-22(21)27-12-11-26-18/h1-12,14,20,29H,13H2,(H,28,30)(H,31,32)/t20-/m0/s1. The average Bonchev–Trinajstić information content (AvgIpc) is 2.83. The number of halogens is 1. The van der Waals surface area contributed by atoms with Crippen molar-refractivity contribution in [1.29, 1.82) is 0 Å². The van der Waals surface area contributed by atoms with E-state index in [1.165, 1.54) is 30.6 Å². The Kier molecular flexibility index (Phi) is 7.26. The van der Waals surface area contributed by atoms with Gasteiger partial charge >= 0.3 is 5.97 Å². The molecule has 1 atom stereocenters. The van der Waals surface area contributed by atoms with Crippen LogP contribution in [0.4, 0.5) is 5.69 Å². The largest absolute Gasteiger partial charge is 0.480 e. The second-order valence-electron chi connectivity index (χ2n) is 7.53. The maximum absolute atomic E-state index is 13.3. The van der Waals surface area contributed by atoms with Crippen molar-refractivity contribution in [3.63, 3.8) is 0 Å². The molecule has 1 heterocycles. The van der Waals surface area contributed by atoms with Crippen molar-refractivity contribution in [1.82, 2.24) is 15.3 Å². The zero-order valence-electron chi connectivity index (χ0n) is 18.1. The summed E-state index contributed by atoms with van der Waals surface area (Å²) < 4.78 is 29.7. The lowest BCUT2D eigenvalue weighted by atomic mass is 10.1. The number of hydrogen-bond donors (Lipinski definition) is 3. The van der Waals surface area contributed by atoms with Gasteiger partial charge in [-0.05, 0) is 58.5 Å². The first-order valence-corrected chi connectivity index (χ1v) is 12.9. The van der Waals surface area contributed by atoms with E-state index in [0.29, 0.717) is 9.09 Å². The lowest BCUT2D eigenvalue weighted by molar-refractivity contribution is -0.139. The molecule has 0 bridgehead atoms. The van der Waals surface area contributed by atoms with Crippen LogP contribution in [0.25, 0.3) is 11.0 Å². The number of rotatable bonds is 8. The molecule has 4 rings (SSSR count). The zero-order chi connectivity index (χ0) is 25.0. The van der Waals surface area contributed by atoms with Gasteiger partial charge in [0.15, 0.2) is 0 Å². The predicted molar refractivity (Wildman–Crippen MR) is 139 cm³/mol. The van der Waals surface area contributed by atoms with Gasteiger partial charge in [0.1, 0.15) is 16.5 Å². The van der Waals surface area contributed by atoms with Gasteiger partial charge < -0.3 is 10.4 Å². The molecule has 0 unspecified atom stereocenters. The number of para-hydroxylation sites is 1. The first-order chi connectivity index (χ1) is 16.7. The SMILES string of the molecule is O=C(N[C@@H](Cc1ccccc1)C(=O)O)c1ccc(I)cc1NS(=O)(=O)c1cccc2nccnc12. The smallest absolute Gasteiger partial charge is 0.326 e. The summed E-state index contributed by atoms with van der Waals surface area (Å²) >= 11 is 1.99. The molecule has 11 heteroatoms. The predicted octanol–water partition coefficient (Wildman–Crippen LogP) is 3.46. The number of hydrogen-bond acceptors (Lipinski definition) is 6. The molecule has 0 fully saturated rings. The molecule has 0 saturated heterocycles. The van der Waals surface area contributed by atoms with Crippen molar-refractivity contribution in [2.24, 2.45) is 0 Å². The molecule has 178 valence electrons. The van der Waals surface area contributed by atoms with E-state index >= 15 is 0 Å². The molecule has 4 aromatic rings. The minimum Gasteiger partial charge on any atom is -0.480 e. The number of anilines is 1. The van der Waals surface area contributed by atoms with Crippen LogP contribution < -0.4 is 10.0 Å². The maximum atomic E-state index is 13.3. The molecular weight excluding hydrogens is 583 g/mol. The fourth-order valence-corrected chi connectivity index (χ4v) is 5.20. The van der Waals surface area contributed by atoms with Crippen molar-refractivity contribution < 1.29 is 23.1 Å². The van der Waals surface area contributed by atoms with Crippen LogP contribution in [0.1, 0.15) is 15.9 Å². The minimum atomic E-state index is -4.16. The van der Waals surface area contributed by atoms with Crippen molar-refractivity contribution >= 4 is 61.2 Å². The Labute approximate surface area is 214 Å². The molecule has 0 aliphatic heterocycles. The molecule has 0 aliphatic carbocycles. The molecule has 3 aromatic carbocycles. The number of aromatic nitrogens is 2. The summed E-state index contributed by atoms with van der Waals surface area (Å²) in [5, 5.41) is 12.1.